The first-order chi connectivity index (χ1) is 18.0. The Kier molecular flexibility index (Phi) is 7.58. The Balaban J connectivity index is 1.36. The maximum Gasteiger partial charge on any atom is 0.363 e. The molecule has 0 saturated heterocycles. The zero-order chi connectivity index (χ0) is 25.8. The molecule has 0 fully saturated rings. The molecule has 0 bridgehead atoms. The maximum absolute atomic E-state index is 12.6. The molecule has 1 aliphatic heterocycles. The molecule has 0 amide bonds. The van der Waals surface area contributed by atoms with Crippen LogP contribution in [0, 0.1) is 3.57 Å². The first-order valence-corrected chi connectivity index (χ1v) is 12.9. The number of hydrogen-bond donors (Lipinski definition) is 0. The number of nitrogens with zero attached hydrogens (tertiary/aromatic N) is 1. The molecule has 0 saturated carbocycles. The van der Waals surface area contributed by atoms with E-state index in [2.05, 4.69) is 27.6 Å². The summed E-state index contributed by atoms with van der Waals surface area (Å²) in [5.74, 6) is 0.936. The zero-order valence-electron chi connectivity index (χ0n) is 19.8. The summed E-state index contributed by atoms with van der Waals surface area (Å²) in [7, 11) is 1.58. The topological polar surface area (TPSA) is 57.1 Å². The molecule has 0 atom stereocenters. The molecule has 5 rings (SSSR count). The monoisotopic (exact) mass is 621 g/mol. The van der Waals surface area contributed by atoms with Crippen LogP contribution in [0.25, 0.3) is 17.2 Å². The molecule has 0 spiro atoms. The summed E-state index contributed by atoms with van der Waals surface area (Å²) >= 11 is 8.26. The number of rotatable bonds is 7. The number of cyclic esters (lactones) is 1. The molecular weight excluding hydrogens is 601 g/mol. The van der Waals surface area contributed by atoms with E-state index in [-0.39, 0.29) is 11.6 Å². The van der Waals surface area contributed by atoms with Gasteiger partial charge in [-0.2, -0.15) is 0 Å². The van der Waals surface area contributed by atoms with Gasteiger partial charge in [0.25, 0.3) is 0 Å². The molecule has 0 radical (unpaired) electrons. The average Bonchev–Trinajstić information content (AvgIpc) is 3.28. The minimum atomic E-state index is -0.502. The summed E-state index contributed by atoms with van der Waals surface area (Å²) in [5, 5.41) is 0.653. The SMILES string of the molecule is COc1cc(/C=C2\N=C(c3ccc(-c4ccccc4)cc3)OC2=O)cc(I)c1OCc1cccc(Cl)c1. The molecule has 1 aliphatic rings. The number of halogens is 2. The highest BCUT2D eigenvalue weighted by molar-refractivity contribution is 14.1. The van der Waals surface area contributed by atoms with Gasteiger partial charge in [0.2, 0.25) is 5.90 Å². The summed E-state index contributed by atoms with van der Waals surface area (Å²) in [4.78, 5) is 17.0. The second kappa shape index (κ2) is 11.2. The van der Waals surface area contributed by atoms with Crippen LogP contribution in [0.3, 0.4) is 0 Å². The minimum absolute atomic E-state index is 0.215. The number of benzene rings is 4. The quantitative estimate of drug-likeness (QED) is 0.122. The molecule has 0 unspecified atom stereocenters. The van der Waals surface area contributed by atoms with Crippen molar-refractivity contribution in [3.05, 3.63) is 122 Å². The van der Waals surface area contributed by atoms with Crippen LogP contribution < -0.4 is 9.47 Å². The number of aliphatic imine (C=N–C) groups is 1. The van der Waals surface area contributed by atoms with Crippen LogP contribution in [-0.2, 0) is 16.1 Å². The van der Waals surface area contributed by atoms with E-state index in [0.717, 1.165) is 31.4 Å². The highest BCUT2D eigenvalue weighted by Crippen LogP contribution is 2.36. The first-order valence-electron chi connectivity index (χ1n) is 11.4. The van der Waals surface area contributed by atoms with Gasteiger partial charge in [0.15, 0.2) is 17.2 Å². The standard InChI is InChI=1S/C30H21ClINO4/c1-35-27-17-20(15-25(32)28(27)36-18-19-6-5-9-24(31)14-19)16-26-30(34)37-29(33-26)23-12-10-22(11-13-23)21-7-3-2-4-8-21/h2-17H,18H2,1H3/b26-16-. The Bertz CT molecular complexity index is 1510. The van der Waals surface area contributed by atoms with Crippen LogP contribution in [0.5, 0.6) is 11.5 Å². The van der Waals surface area contributed by atoms with E-state index in [1.165, 1.54) is 0 Å². The smallest absolute Gasteiger partial charge is 0.363 e. The lowest BCUT2D eigenvalue weighted by Gasteiger charge is -2.14. The van der Waals surface area contributed by atoms with Crippen LogP contribution in [0.4, 0.5) is 0 Å². The normalized spacial score (nSPS) is 13.9. The Hall–Kier alpha value is -3.62. The fraction of sp³-hybridized carbons (Fsp3) is 0.0667. The van der Waals surface area contributed by atoms with E-state index < -0.39 is 5.97 Å². The minimum Gasteiger partial charge on any atom is -0.493 e. The second-order valence-electron chi connectivity index (χ2n) is 8.23. The summed E-state index contributed by atoms with van der Waals surface area (Å²) in [6, 6.07) is 29.0. The number of carbonyl (C=O) groups excluding carboxylic acids is 1. The number of hydrogen-bond acceptors (Lipinski definition) is 5. The van der Waals surface area contributed by atoms with Crippen molar-refractivity contribution in [2.24, 2.45) is 4.99 Å². The third-order valence-electron chi connectivity index (χ3n) is 5.69. The average molecular weight is 622 g/mol. The Morgan fingerprint density at radius 1 is 0.919 bits per heavy atom. The lowest BCUT2D eigenvalue weighted by atomic mass is 10.0. The van der Waals surface area contributed by atoms with E-state index in [4.69, 9.17) is 25.8 Å². The van der Waals surface area contributed by atoms with Crippen molar-refractivity contribution in [3.63, 3.8) is 0 Å². The van der Waals surface area contributed by atoms with E-state index >= 15 is 0 Å². The van der Waals surface area contributed by atoms with Crippen molar-refractivity contribution in [1.82, 2.24) is 0 Å². The van der Waals surface area contributed by atoms with E-state index in [9.17, 15) is 4.79 Å². The summed E-state index contributed by atoms with van der Waals surface area (Å²) < 4.78 is 17.9. The van der Waals surface area contributed by atoms with Crippen molar-refractivity contribution in [3.8, 4) is 22.6 Å². The van der Waals surface area contributed by atoms with Gasteiger partial charge in [-0.15, -0.1) is 0 Å². The van der Waals surface area contributed by atoms with Gasteiger partial charge in [0, 0.05) is 10.6 Å². The predicted molar refractivity (Wildman–Crippen MR) is 154 cm³/mol. The fourth-order valence-electron chi connectivity index (χ4n) is 3.87. The molecule has 37 heavy (non-hydrogen) atoms. The van der Waals surface area contributed by atoms with Gasteiger partial charge in [-0.1, -0.05) is 66.2 Å². The summed E-state index contributed by atoms with van der Waals surface area (Å²) in [6.45, 7) is 0.344. The van der Waals surface area contributed by atoms with E-state index in [1.807, 2.05) is 84.9 Å². The number of methoxy groups -OCH3 is 1. The molecule has 7 heteroatoms. The fourth-order valence-corrected chi connectivity index (χ4v) is 4.87. The van der Waals surface area contributed by atoms with Crippen LogP contribution in [0.15, 0.2) is 102 Å². The molecule has 4 aromatic rings. The van der Waals surface area contributed by atoms with Crippen molar-refractivity contribution in [2.45, 2.75) is 6.61 Å². The van der Waals surface area contributed by atoms with Crippen LogP contribution >= 0.6 is 34.2 Å². The van der Waals surface area contributed by atoms with Gasteiger partial charge in [-0.05, 0) is 87.3 Å². The van der Waals surface area contributed by atoms with Crippen molar-refractivity contribution in [1.29, 1.82) is 0 Å². The maximum atomic E-state index is 12.6. The second-order valence-corrected chi connectivity index (χ2v) is 9.83. The van der Waals surface area contributed by atoms with Gasteiger partial charge in [-0.3, -0.25) is 0 Å². The number of esters is 1. The molecule has 184 valence electrons. The van der Waals surface area contributed by atoms with Crippen LogP contribution in [0.1, 0.15) is 16.7 Å². The van der Waals surface area contributed by atoms with Gasteiger partial charge in [-0.25, -0.2) is 9.79 Å². The van der Waals surface area contributed by atoms with Crippen molar-refractivity contribution >= 4 is 52.1 Å². The summed E-state index contributed by atoms with van der Waals surface area (Å²) in [5.41, 5.74) is 4.82. The highest BCUT2D eigenvalue weighted by atomic mass is 127. The number of carbonyl (C=O) groups is 1. The number of ether oxygens (including phenoxy) is 3. The molecule has 0 aromatic heterocycles. The molecule has 1 heterocycles. The molecule has 4 aromatic carbocycles. The molecule has 0 N–H and O–H groups in total. The third kappa shape index (κ3) is 5.87. The van der Waals surface area contributed by atoms with Crippen LogP contribution in [0.2, 0.25) is 5.02 Å². The van der Waals surface area contributed by atoms with Gasteiger partial charge < -0.3 is 14.2 Å². The Morgan fingerprint density at radius 3 is 2.38 bits per heavy atom. The predicted octanol–water partition coefficient (Wildman–Crippen LogP) is 7.54. The Labute approximate surface area is 233 Å². The van der Waals surface area contributed by atoms with Gasteiger partial charge in [0.1, 0.15) is 6.61 Å². The van der Waals surface area contributed by atoms with E-state index in [1.54, 1.807) is 19.3 Å². The molecule has 5 nitrogen and oxygen atoms in total. The molecule has 0 aliphatic carbocycles. The lowest BCUT2D eigenvalue weighted by molar-refractivity contribution is -0.129. The van der Waals surface area contributed by atoms with Crippen LogP contribution in [-0.4, -0.2) is 19.0 Å². The summed E-state index contributed by atoms with van der Waals surface area (Å²) in [6.07, 6.45) is 1.68. The van der Waals surface area contributed by atoms with Crippen molar-refractivity contribution in [2.75, 3.05) is 7.11 Å². The van der Waals surface area contributed by atoms with Gasteiger partial charge >= 0.3 is 5.97 Å². The third-order valence-corrected chi connectivity index (χ3v) is 6.72. The first kappa shape index (κ1) is 25.0. The van der Waals surface area contributed by atoms with E-state index in [0.29, 0.717) is 23.1 Å². The van der Waals surface area contributed by atoms with Gasteiger partial charge in [0.05, 0.1) is 10.7 Å². The van der Waals surface area contributed by atoms with Crippen molar-refractivity contribution < 1.29 is 19.0 Å². The highest BCUT2D eigenvalue weighted by Gasteiger charge is 2.24. The largest absolute Gasteiger partial charge is 0.493 e. The molecular formula is C30H21ClINO4. The Morgan fingerprint density at radius 2 is 1.65 bits per heavy atom. The zero-order valence-corrected chi connectivity index (χ0v) is 22.7. The lowest BCUT2D eigenvalue weighted by Crippen LogP contribution is -2.05.